The normalized spacial score (nSPS) is 11.1. The van der Waals surface area contributed by atoms with Crippen molar-refractivity contribution < 1.29 is 22.7 Å². The van der Waals surface area contributed by atoms with Crippen LogP contribution in [0, 0.1) is 0 Å². The van der Waals surface area contributed by atoms with E-state index in [1.54, 1.807) is 0 Å². The van der Waals surface area contributed by atoms with Gasteiger partial charge in [0.15, 0.2) is 0 Å². The Hall–Kier alpha value is -1.92. The second-order valence-corrected chi connectivity index (χ2v) is 4.99. The van der Waals surface area contributed by atoms with Crippen LogP contribution >= 0.6 is 23.2 Å². The van der Waals surface area contributed by atoms with Gasteiger partial charge in [-0.3, -0.25) is 4.79 Å². The van der Waals surface area contributed by atoms with Gasteiger partial charge >= 0.3 is 6.36 Å². The van der Waals surface area contributed by atoms with E-state index in [-0.39, 0.29) is 22.0 Å². The van der Waals surface area contributed by atoms with Crippen LogP contribution in [-0.4, -0.2) is 12.3 Å². The molecule has 0 aliphatic carbocycles. The third-order valence-electron chi connectivity index (χ3n) is 2.52. The van der Waals surface area contributed by atoms with Gasteiger partial charge in [0.2, 0.25) is 0 Å². The maximum atomic E-state index is 12.0. The first-order valence-electron chi connectivity index (χ1n) is 5.87. The summed E-state index contributed by atoms with van der Waals surface area (Å²) in [5.74, 6) is -0.914. The van der Waals surface area contributed by atoms with E-state index in [4.69, 9.17) is 23.2 Å². The lowest BCUT2D eigenvalue weighted by atomic mass is 10.2. The highest BCUT2D eigenvalue weighted by Gasteiger charge is 2.30. The van der Waals surface area contributed by atoms with Crippen molar-refractivity contribution >= 4 is 34.8 Å². The van der Waals surface area contributed by atoms with Crippen molar-refractivity contribution in [3.8, 4) is 5.75 Å². The number of halogens is 5. The van der Waals surface area contributed by atoms with E-state index < -0.39 is 12.3 Å². The van der Waals surface area contributed by atoms with E-state index >= 15 is 0 Å². The number of alkyl halides is 3. The van der Waals surface area contributed by atoms with E-state index in [1.165, 1.54) is 30.3 Å². The Morgan fingerprint density at radius 2 is 1.68 bits per heavy atom. The standard InChI is InChI=1S/C14H8Cl2F3NO2/c15-8-1-6-12(16)11(7-8)13(21)20-9-2-4-10(5-3-9)22-14(17,18)19/h1-7H,(H,20,21). The molecule has 1 amide bonds. The Morgan fingerprint density at radius 1 is 1.05 bits per heavy atom. The summed E-state index contributed by atoms with van der Waals surface area (Å²) in [4.78, 5) is 12.0. The number of ether oxygens (including phenoxy) is 1. The summed E-state index contributed by atoms with van der Waals surface area (Å²) in [5.41, 5.74) is 0.445. The third-order valence-corrected chi connectivity index (χ3v) is 3.08. The molecule has 1 N–H and O–H groups in total. The Kier molecular flexibility index (Phi) is 4.83. The van der Waals surface area contributed by atoms with Gasteiger partial charge in [-0.15, -0.1) is 13.2 Å². The second-order valence-electron chi connectivity index (χ2n) is 4.15. The Morgan fingerprint density at radius 3 is 2.27 bits per heavy atom. The molecule has 0 aliphatic heterocycles. The molecule has 0 heterocycles. The van der Waals surface area contributed by atoms with Crippen molar-refractivity contribution in [2.75, 3.05) is 5.32 Å². The fraction of sp³-hybridized carbons (Fsp3) is 0.0714. The fourth-order valence-electron chi connectivity index (χ4n) is 1.61. The maximum absolute atomic E-state index is 12.0. The summed E-state index contributed by atoms with van der Waals surface area (Å²) >= 11 is 11.7. The molecule has 0 radical (unpaired) electrons. The van der Waals surface area contributed by atoms with E-state index in [9.17, 15) is 18.0 Å². The number of hydrogen-bond acceptors (Lipinski definition) is 2. The fourth-order valence-corrected chi connectivity index (χ4v) is 1.99. The van der Waals surface area contributed by atoms with Crippen LogP contribution in [0.15, 0.2) is 42.5 Å². The summed E-state index contributed by atoms with van der Waals surface area (Å²) in [6, 6.07) is 9.11. The molecule has 2 rings (SSSR count). The van der Waals surface area contributed by atoms with E-state index in [1.807, 2.05) is 0 Å². The highest BCUT2D eigenvalue weighted by molar-refractivity contribution is 6.36. The highest BCUT2D eigenvalue weighted by Crippen LogP contribution is 2.25. The van der Waals surface area contributed by atoms with Crippen LogP contribution in [0.3, 0.4) is 0 Å². The van der Waals surface area contributed by atoms with Crippen molar-refractivity contribution in [3.63, 3.8) is 0 Å². The van der Waals surface area contributed by atoms with Gasteiger partial charge in [-0.1, -0.05) is 23.2 Å². The van der Waals surface area contributed by atoms with Gasteiger partial charge < -0.3 is 10.1 Å². The molecule has 8 heteroatoms. The van der Waals surface area contributed by atoms with Crippen molar-refractivity contribution in [1.29, 1.82) is 0 Å². The average Bonchev–Trinajstić information content (AvgIpc) is 2.42. The van der Waals surface area contributed by atoms with Crippen molar-refractivity contribution in [1.82, 2.24) is 0 Å². The molecule has 0 unspecified atom stereocenters. The van der Waals surface area contributed by atoms with Crippen LogP contribution in [-0.2, 0) is 0 Å². The topological polar surface area (TPSA) is 38.3 Å². The molecular formula is C14H8Cl2F3NO2. The van der Waals surface area contributed by atoms with Crippen LogP contribution in [0.25, 0.3) is 0 Å². The monoisotopic (exact) mass is 349 g/mol. The van der Waals surface area contributed by atoms with Crippen LogP contribution < -0.4 is 10.1 Å². The lowest BCUT2D eigenvalue weighted by Crippen LogP contribution is -2.17. The lowest BCUT2D eigenvalue weighted by Gasteiger charge is -2.10. The van der Waals surface area contributed by atoms with E-state index in [0.717, 1.165) is 12.1 Å². The van der Waals surface area contributed by atoms with Crippen LogP contribution in [0.4, 0.5) is 18.9 Å². The van der Waals surface area contributed by atoms with Gasteiger partial charge in [-0.25, -0.2) is 0 Å². The molecule has 116 valence electrons. The number of carbonyl (C=O) groups is 1. The quantitative estimate of drug-likeness (QED) is 0.832. The minimum atomic E-state index is -4.76. The SMILES string of the molecule is O=C(Nc1ccc(OC(F)(F)F)cc1)c1cc(Cl)ccc1Cl. The summed E-state index contributed by atoms with van der Waals surface area (Å²) in [6.45, 7) is 0. The minimum Gasteiger partial charge on any atom is -0.406 e. The Balaban J connectivity index is 2.10. The number of anilines is 1. The Labute approximate surface area is 133 Å². The molecule has 0 atom stereocenters. The number of benzene rings is 2. The van der Waals surface area contributed by atoms with Crippen molar-refractivity contribution in [2.45, 2.75) is 6.36 Å². The summed E-state index contributed by atoms with van der Waals surface area (Å²) in [5, 5.41) is 3.04. The van der Waals surface area contributed by atoms with Crippen LogP contribution in [0.5, 0.6) is 5.75 Å². The molecule has 2 aromatic carbocycles. The molecule has 0 aromatic heterocycles. The van der Waals surface area contributed by atoms with Crippen molar-refractivity contribution in [3.05, 3.63) is 58.1 Å². The van der Waals surface area contributed by atoms with Gasteiger partial charge in [-0.2, -0.15) is 0 Å². The number of carbonyl (C=O) groups excluding carboxylic acids is 1. The molecule has 3 nitrogen and oxygen atoms in total. The zero-order valence-electron chi connectivity index (χ0n) is 10.7. The lowest BCUT2D eigenvalue weighted by molar-refractivity contribution is -0.274. The van der Waals surface area contributed by atoms with Gasteiger partial charge in [0, 0.05) is 10.7 Å². The number of hydrogen-bond donors (Lipinski definition) is 1. The smallest absolute Gasteiger partial charge is 0.406 e. The van der Waals surface area contributed by atoms with Gasteiger partial charge in [-0.05, 0) is 42.5 Å². The second kappa shape index (κ2) is 6.46. The largest absolute Gasteiger partial charge is 0.573 e. The summed E-state index contributed by atoms with van der Waals surface area (Å²) < 4.78 is 39.8. The van der Waals surface area contributed by atoms with E-state index in [0.29, 0.717) is 5.02 Å². The maximum Gasteiger partial charge on any atom is 0.573 e. The molecule has 0 aliphatic rings. The predicted molar refractivity (Wildman–Crippen MR) is 77.5 cm³/mol. The van der Waals surface area contributed by atoms with Crippen molar-refractivity contribution in [2.24, 2.45) is 0 Å². The first kappa shape index (κ1) is 16.5. The van der Waals surface area contributed by atoms with Crippen LogP contribution in [0.1, 0.15) is 10.4 Å². The number of nitrogens with one attached hydrogen (secondary N) is 1. The average molecular weight is 350 g/mol. The highest BCUT2D eigenvalue weighted by atomic mass is 35.5. The molecule has 0 saturated heterocycles. The minimum absolute atomic E-state index is 0.157. The molecular weight excluding hydrogens is 342 g/mol. The molecule has 0 bridgehead atoms. The van der Waals surface area contributed by atoms with E-state index in [2.05, 4.69) is 10.1 Å². The number of amides is 1. The van der Waals surface area contributed by atoms with Crippen LogP contribution in [0.2, 0.25) is 10.0 Å². The first-order valence-corrected chi connectivity index (χ1v) is 6.62. The summed E-state index contributed by atoms with van der Waals surface area (Å²) in [7, 11) is 0. The number of rotatable bonds is 3. The molecule has 0 fully saturated rings. The van der Waals surface area contributed by atoms with Gasteiger partial charge in [0.05, 0.1) is 10.6 Å². The zero-order valence-corrected chi connectivity index (χ0v) is 12.3. The predicted octanol–water partition coefficient (Wildman–Crippen LogP) is 5.14. The zero-order chi connectivity index (χ0) is 16.3. The van der Waals surface area contributed by atoms with Gasteiger partial charge in [0.25, 0.3) is 5.91 Å². The molecule has 0 spiro atoms. The molecule has 2 aromatic rings. The third kappa shape index (κ3) is 4.54. The van der Waals surface area contributed by atoms with Gasteiger partial charge in [0.1, 0.15) is 5.75 Å². The first-order chi connectivity index (χ1) is 10.2. The Bertz CT molecular complexity index is 687. The molecule has 22 heavy (non-hydrogen) atoms. The molecule has 0 saturated carbocycles. The summed E-state index contributed by atoms with van der Waals surface area (Å²) in [6.07, 6.45) is -4.76.